The minimum absolute atomic E-state index is 0.0114. The van der Waals surface area contributed by atoms with Gasteiger partial charge in [-0.15, -0.1) is 0 Å². The first-order chi connectivity index (χ1) is 14.4. The van der Waals surface area contributed by atoms with Gasteiger partial charge >= 0.3 is 191 Å². The van der Waals surface area contributed by atoms with Gasteiger partial charge in [0.1, 0.15) is 0 Å². The van der Waals surface area contributed by atoms with Gasteiger partial charge in [-0.3, -0.25) is 0 Å². The van der Waals surface area contributed by atoms with Crippen LogP contribution in [-0.4, -0.2) is 66.4 Å². The summed E-state index contributed by atoms with van der Waals surface area (Å²) in [6.45, 7) is 4.58. The van der Waals surface area contributed by atoms with E-state index in [9.17, 15) is 10.2 Å². The van der Waals surface area contributed by atoms with Gasteiger partial charge in [-0.2, -0.15) is 0 Å². The zero-order valence-electron chi connectivity index (χ0n) is 18.2. The zero-order chi connectivity index (χ0) is 21.2. The van der Waals surface area contributed by atoms with Crippen LogP contribution in [0.5, 0.6) is 0 Å². The number of thioether (sulfide) groups is 1. The number of rotatable bonds is 6. The number of hydrogen-bond acceptors (Lipinski definition) is 5. The minimum atomic E-state index is -1.10. The van der Waals surface area contributed by atoms with Crippen LogP contribution in [0.25, 0.3) is 0 Å². The van der Waals surface area contributed by atoms with Crippen molar-refractivity contribution in [3.05, 3.63) is 30.3 Å². The van der Waals surface area contributed by atoms with Crippen molar-refractivity contribution >= 4 is 31.2 Å². The van der Waals surface area contributed by atoms with E-state index >= 15 is 0 Å². The van der Waals surface area contributed by atoms with Crippen molar-refractivity contribution < 1.29 is 19.7 Å². The molecule has 30 heavy (non-hydrogen) atoms. The quantitative estimate of drug-likeness (QED) is 0.467. The van der Waals surface area contributed by atoms with Crippen molar-refractivity contribution in [2.24, 2.45) is 11.3 Å². The molecule has 4 aliphatic rings. The average molecular weight is 498 g/mol. The molecule has 2 N–H and O–H groups in total. The number of epoxide rings is 1. The first kappa shape index (κ1) is 21.8. The van der Waals surface area contributed by atoms with Gasteiger partial charge in [0, 0.05) is 0 Å². The molecule has 4 nitrogen and oxygen atoms in total. The van der Waals surface area contributed by atoms with Crippen LogP contribution in [0, 0.1) is 11.3 Å². The topological polar surface area (TPSA) is 62.2 Å². The van der Waals surface area contributed by atoms with Crippen molar-refractivity contribution in [1.82, 2.24) is 0 Å². The van der Waals surface area contributed by atoms with Crippen LogP contribution in [0.15, 0.2) is 30.3 Å². The van der Waals surface area contributed by atoms with E-state index in [1.807, 2.05) is 24.5 Å². The molecule has 2 saturated carbocycles. The van der Waals surface area contributed by atoms with Crippen LogP contribution in [0.4, 0.5) is 0 Å². The van der Waals surface area contributed by atoms with Gasteiger partial charge in [0.25, 0.3) is 0 Å². The molecular weight excluding hydrogens is 463 g/mol. The fourth-order valence-electron chi connectivity index (χ4n) is 7.21. The molecule has 0 radical (unpaired) electrons. The van der Waals surface area contributed by atoms with Gasteiger partial charge in [-0.1, -0.05) is 0 Å². The predicted octanol–water partition coefficient (Wildman–Crippen LogP) is 3.13. The number of aliphatic hydroxyl groups excluding tert-OH is 1. The van der Waals surface area contributed by atoms with Crippen LogP contribution in [0.2, 0.25) is 4.82 Å². The van der Waals surface area contributed by atoms with Crippen LogP contribution in [0.1, 0.15) is 52.4 Å². The summed E-state index contributed by atoms with van der Waals surface area (Å²) in [4.78, 5) is -0.230. The molecule has 2 heterocycles. The summed E-state index contributed by atoms with van der Waals surface area (Å²) in [7, 11) is 0. The van der Waals surface area contributed by atoms with E-state index in [1.54, 1.807) is 11.8 Å². The molecule has 1 aromatic rings. The monoisotopic (exact) mass is 498 g/mol. The first-order valence-corrected chi connectivity index (χ1v) is 14.4. The molecule has 0 spiro atoms. The van der Waals surface area contributed by atoms with E-state index in [0.29, 0.717) is 0 Å². The number of fused-ring (bicyclic) bond motifs is 5. The molecule has 5 rings (SSSR count). The van der Waals surface area contributed by atoms with E-state index in [-0.39, 0.29) is 60.5 Å². The van der Waals surface area contributed by atoms with Gasteiger partial charge < -0.3 is 0 Å². The summed E-state index contributed by atoms with van der Waals surface area (Å²) in [6, 6.07) is 10.3. The van der Waals surface area contributed by atoms with Gasteiger partial charge in [0.15, 0.2) is 0 Å². The molecule has 2 saturated heterocycles. The third-order valence-corrected chi connectivity index (χ3v) is 12.4. The Morgan fingerprint density at radius 1 is 1.17 bits per heavy atom. The van der Waals surface area contributed by atoms with Crippen molar-refractivity contribution in [1.29, 1.82) is 0 Å². The Kier molecular flexibility index (Phi) is 5.42. The van der Waals surface area contributed by atoms with Crippen molar-refractivity contribution in [2.45, 2.75) is 85.5 Å². The van der Waals surface area contributed by atoms with Crippen molar-refractivity contribution in [2.75, 3.05) is 12.9 Å². The Labute approximate surface area is 190 Å². The van der Waals surface area contributed by atoms with E-state index < -0.39 is 5.60 Å². The maximum atomic E-state index is 12.3. The van der Waals surface area contributed by atoms with Crippen LogP contribution >= 0.6 is 11.8 Å². The third-order valence-electron chi connectivity index (χ3n) is 8.63. The summed E-state index contributed by atoms with van der Waals surface area (Å²) < 4.78 is 14.6. The molecule has 166 valence electrons. The van der Waals surface area contributed by atoms with Crippen molar-refractivity contribution in [3.8, 4) is 0 Å². The molecule has 2 aliphatic carbocycles. The van der Waals surface area contributed by atoms with Gasteiger partial charge in [0.2, 0.25) is 0 Å². The Morgan fingerprint density at radius 3 is 2.50 bits per heavy atom. The molecule has 1 unspecified atom stereocenters. The van der Waals surface area contributed by atoms with Crippen LogP contribution < -0.4 is 4.46 Å². The molecule has 1 aromatic carbocycles. The number of aliphatic hydroxyl groups is 2. The summed E-state index contributed by atoms with van der Waals surface area (Å²) in [5.74, 6) is -0.0114. The van der Waals surface area contributed by atoms with E-state index in [2.05, 4.69) is 26.0 Å². The standard InChI is InChI=1S/C24H34O4SSe/c1-21(12-8-5-9-13-21)24-18-14-17(22(24,2)28-24)23(26,20(27-18)29-3)19(15-25)30-16-10-6-4-7-11-16/h4,6-7,10-11,17-20,25-26H,5,8-9,12-15H2,1-3H3/t17-,18+,19?,20-,22+,23-,24+/m1/s1. The van der Waals surface area contributed by atoms with E-state index in [1.165, 1.54) is 36.6 Å². The second-order valence-corrected chi connectivity index (χ2v) is 13.6. The Morgan fingerprint density at radius 2 is 1.87 bits per heavy atom. The summed E-state index contributed by atoms with van der Waals surface area (Å²) in [5.41, 5.74) is -1.99. The SMILES string of the molecule is CS[C@H]1O[C@H]2C[C@@H]([C@@]1(O)C(CO)[Se]c1ccccc1)[C@]1(C)O[C@]21C1(C)CCCCC1. The second kappa shape index (κ2) is 7.48. The fourth-order valence-corrected chi connectivity index (χ4v) is 10.9. The molecular formula is C24H34O4SSe. The van der Waals surface area contributed by atoms with E-state index in [0.717, 1.165) is 6.42 Å². The van der Waals surface area contributed by atoms with Gasteiger partial charge in [0.05, 0.1) is 0 Å². The predicted molar refractivity (Wildman–Crippen MR) is 121 cm³/mol. The number of benzene rings is 1. The molecule has 2 bridgehead atoms. The summed E-state index contributed by atoms with van der Waals surface area (Å²) >= 11 is 1.54. The maximum absolute atomic E-state index is 12.3. The number of hydrogen-bond donors (Lipinski definition) is 2. The van der Waals surface area contributed by atoms with Crippen molar-refractivity contribution in [3.63, 3.8) is 0 Å². The molecule has 6 heteroatoms. The zero-order valence-corrected chi connectivity index (χ0v) is 20.7. The van der Waals surface area contributed by atoms with Gasteiger partial charge in [-0.05, 0) is 0 Å². The Hall–Kier alpha value is -0.0705. The summed E-state index contributed by atoms with van der Waals surface area (Å²) in [5, 5.41) is 22.8. The Bertz CT molecular complexity index is 787. The molecule has 4 fully saturated rings. The summed E-state index contributed by atoms with van der Waals surface area (Å²) in [6.07, 6.45) is 9.06. The van der Waals surface area contributed by atoms with Crippen LogP contribution in [-0.2, 0) is 9.47 Å². The molecule has 0 aromatic heterocycles. The third kappa shape index (κ3) is 2.74. The average Bonchev–Trinajstić information content (AvgIpc) is 3.35. The number of ether oxygens (including phenoxy) is 2. The normalized spacial score (nSPS) is 45.0. The fraction of sp³-hybridized carbons (Fsp3) is 0.750. The van der Waals surface area contributed by atoms with Crippen LogP contribution in [0.3, 0.4) is 0 Å². The second-order valence-electron chi connectivity index (χ2n) is 10.0. The van der Waals surface area contributed by atoms with E-state index in [4.69, 9.17) is 9.47 Å². The van der Waals surface area contributed by atoms with Gasteiger partial charge in [-0.25, -0.2) is 0 Å². The Balaban J connectivity index is 1.51. The first-order valence-electron chi connectivity index (χ1n) is 11.3. The molecule has 0 amide bonds. The molecule has 7 atom stereocenters. The molecule has 2 aliphatic heterocycles.